The lowest BCUT2D eigenvalue weighted by Crippen LogP contribution is -2.49. The highest BCUT2D eigenvalue weighted by atomic mass is 16.5. The van der Waals surface area contributed by atoms with Crippen molar-refractivity contribution in [2.75, 3.05) is 48.0 Å². The highest BCUT2D eigenvalue weighted by Crippen LogP contribution is 2.36. The van der Waals surface area contributed by atoms with Gasteiger partial charge in [-0.15, -0.1) is 0 Å². The number of hydrogen-bond donors (Lipinski definition) is 1. The zero-order valence-electron chi connectivity index (χ0n) is 17.4. The fourth-order valence-corrected chi connectivity index (χ4v) is 3.05. The quantitative estimate of drug-likeness (QED) is 0.684. The summed E-state index contributed by atoms with van der Waals surface area (Å²) < 4.78 is 16.0. The Balaban J connectivity index is 2.62. The third-order valence-electron chi connectivity index (χ3n) is 4.77. The summed E-state index contributed by atoms with van der Waals surface area (Å²) in [5.74, 6) is 0.635. The summed E-state index contributed by atoms with van der Waals surface area (Å²) in [5, 5.41) is 2.90. The molecule has 2 rings (SSSR count). The smallest absolute Gasteiger partial charge is 0.338 e. The maximum atomic E-state index is 12.9. The van der Waals surface area contributed by atoms with Crippen LogP contribution in [0.4, 0.5) is 4.79 Å². The second-order valence-electron chi connectivity index (χ2n) is 6.47. The van der Waals surface area contributed by atoms with Crippen molar-refractivity contribution in [3.8, 4) is 11.5 Å². The van der Waals surface area contributed by atoms with Gasteiger partial charge in [-0.25, -0.2) is 9.59 Å². The number of carbonyl (C=O) groups is 2. The molecule has 0 saturated carbocycles. The van der Waals surface area contributed by atoms with Crippen LogP contribution in [0.25, 0.3) is 0 Å². The molecule has 0 aliphatic carbocycles. The lowest BCUT2D eigenvalue weighted by molar-refractivity contribution is -0.139. The standard InChI is InChI=1S/C20H29N3O5/c1-7-22(3)12-14-17(19(24)28-8-2)18(21-20(25)23(14)4)13-9-10-15(26-5)16(11-13)27-6/h9-11,18H,7-8,12H2,1-6H3,(H,21,25). The largest absolute Gasteiger partial charge is 0.493 e. The van der Waals surface area contributed by atoms with Gasteiger partial charge in [-0.05, 0) is 38.2 Å². The Morgan fingerprint density at radius 2 is 1.89 bits per heavy atom. The summed E-state index contributed by atoms with van der Waals surface area (Å²) in [7, 11) is 6.68. The van der Waals surface area contributed by atoms with Gasteiger partial charge in [-0.3, -0.25) is 4.90 Å². The van der Waals surface area contributed by atoms with Gasteiger partial charge in [-0.2, -0.15) is 0 Å². The van der Waals surface area contributed by atoms with E-state index in [1.807, 2.05) is 18.9 Å². The predicted octanol–water partition coefficient (Wildman–Crippen LogP) is 2.17. The van der Waals surface area contributed by atoms with Gasteiger partial charge in [-0.1, -0.05) is 13.0 Å². The van der Waals surface area contributed by atoms with Crippen LogP contribution in [0.3, 0.4) is 0 Å². The van der Waals surface area contributed by atoms with Crippen LogP contribution in [-0.4, -0.2) is 69.8 Å². The normalized spacial score (nSPS) is 16.9. The first kappa shape index (κ1) is 21.6. The predicted molar refractivity (Wildman–Crippen MR) is 105 cm³/mol. The average Bonchev–Trinajstić information content (AvgIpc) is 2.70. The monoisotopic (exact) mass is 391 g/mol. The molecular formula is C20H29N3O5. The molecule has 1 N–H and O–H groups in total. The summed E-state index contributed by atoms with van der Waals surface area (Å²) in [5.41, 5.74) is 1.74. The Bertz CT molecular complexity index is 762. The Morgan fingerprint density at radius 1 is 1.21 bits per heavy atom. The summed E-state index contributed by atoms with van der Waals surface area (Å²) in [6.07, 6.45) is 0. The number of benzene rings is 1. The maximum absolute atomic E-state index is 12.9. The van der Waals surface area contributed by atoms with Crippen molar-refractivity contribution in [3.05, 3.63) is 35.0 Å². The van der Waals surface area contributed by atoms with E-state index in [0.717, 1.165) is 6.54 Å². The van der Waals surface area contributed by atoms with Crippen LogP contribution in [0.5, 0.6) is 11.5 Å². The summed E-state index contributed by atoms with van der Waals surface area (Å²) in [4.78, 5) is 29.0. The molecule has 1 aromatic rings. The van der Waals surface area contributed by atoms with E-state index in [-0.39, 0.29) is 12.6 Å². The fourth-order valence-electron chi connectivity index (χ4n) is 3.05. The van der Waals surface area contributed by atoms with E-state index in [1.165, 1.54) is 4.90 Å². The lowest BCUT2D eigenvalue weighted by atomic mass is 9.94. The number of methoxy groups -OCH3 is 2. The minimum absolute atomic E-state index is 0.246. The van der Waals surface area contributed by atoms with Crippen molar-refractivity contribution in [2.24, 2.45) is 0 Å². The Hall–Kier alpha value is -2.74. The first-order valence-corrected chi connectivity index (χ1v) is 9.22. The topological polar surface area (TPSA) is 80.3 Å². The van der Waals surface area contributed by atoms with Crippen LogP contribution in [0.2, 0.25) is 0 Å². The van der Waals surface area contributed by atoms with E-state index in [2.05, 4.69) is 5.32 Å². The third kappa shape index (κ3) is 4.39. The second-order valence-corrected chi connectivity index (χ2v) is 6.47. The molecule has 0 radical (unpaired) electrons. The van der Waals surface area contributed by atoms with Gasteiger partial charge < -0.3 is 24.4 Å². The summed E-state index contributed by atoms with van der Waals surface area (Å²) in [6.45, 7) is 5.23. The molecule has 0 spiro atoms. The number of carbonyl (C=O) groups excluding carboxylic acids is 2. The molecule has 1 aliphatic rings. The molecular weight excluding hydrogens is 362 g/mol. The average molecular weight is 391 g/mol. The summed E-state index contributed by atoms with van der Waals surface area (Å²) >= 11 is 0. The SMILES string of the molecule is CCOC(=O)C1=C(CN(C)CC)N(C)C(=O)NC1c1ccc(OC)c(OC)c1. The van der Waals surface area contributed by atoms with Crippen LogP contribution in [0, 0.1) is 0 Å². The molecule has 0 fully saturated rings. The minimum Gasteiger partial charge on any atom is -0.493 e. The van der Waals surface area contributed by atoms with E-state index in [1.54, 1.807) is 46.4 Å². The highest BCUT2D eigenvalue weighted by Gasteiger charge is 2.37. The van der Waals surface area contributed by atoms with Gasteiger partial charge in [0.2, 0.25) is 0 Å². The van der Waals surface area contributed by atoms with Gasteiger partial charge in [0.25, 0.3) is 0 Å². The number of urea groups is 1. The van der Waals surface area contributed by atoms with Crippen LogP contribution in [-0.2, 0) is 9.53 Å². The van der Waals surface area contributed by atoms with Crippen LogP contribution < -0.4 is 14.8 Å². The molecule has 0 saturated heterocycles. The Morgan fingerprint density at radius 3 is 2.46 bits per heavy atom. The Labute approximate surface area is 166 Å². The van der Waals surface area contributed by atoms with Crippen molar-refractivity contribution in [3.63, 3.8) is 0 Å². The van der Waals surface area contributed by atoms with Crippen LogP contribution >= 0.6 is 0 Å². The van der Waals surface area contributed by atoms with E-state index in [9.17, 15) is 9.59 Å². The molecule has 1 unspecified atom stereocenters. The summed E-state index contributed by atoms with van der Waals surface area (Å²) in [6, 6.07) is 4.38. The van der Waals surface area contributed by atoms with Crippen molar-refractivity contribution in [2.45, 2.75) is 19.9 Å². The molecule has 8 nitrogen and oxygen atoms in total. The number of nitrogens with one attached hydrogen (secondary N) is 1. The molecule has 0 aromatic heterocycles. The molecule has 1 atom stereocenters. The number of esters is 1. The lowest BCUT2D eigenvalue weighted by Gasteiger charge is -2.36. The highest BCUT2D eigenvalue weighted by molar-refractivity contribution is 5.95. The van der Waals surface area contributed by atoms with Gasteiger partial charge >= 0.3 is 12.0 Å². The number of nitrogens with zero attached hydrogens (tertiary/aromatic N) is 2. The number of ether oxygens (including phenoxy) is 3. The van der Waals surface area contributed by atoms with Gasteiger partial charge in [0.1, 0.15) is 0 Å². The molecule has 2 amide bonds. The van der Waals surface area contributed by atoms with E-state index in [0.29, 0.717) is 34.9 Å². The zero-order chi connectivity index (χ0) is 20.8. The maximum Gasteiger partial charge on any atom is 0.338 e. The van der Waals surface area contributed by atoms with Crippen LogP contribution in [0.1, 0.15) is 25.5 Å². The molecule has 8 heteroatoms. The van der Waals surface area contributed by atoms with Crippen molar-refractivity contribution < 1.29 is 23.8 Å². The van der Waals surface area contributed by atoms with Gasteiger partial charge in [0, 0.05) is 19.3 Å². The van der Waals surface area contributed by atoms with Gasteiger partial charge in [0.15, 0.2) is 11.5 Å². The van der Waals surface area contributed by atoms with Crippen molar-refractivity contribution in [1.82, 2.24) is 15.1 Å². The van der Waals surface area contributed by atoms with Crippen molar-refractivity contribution in [1.29, 1.82) is 0 Å². The molecule has 1 aromatic carbocycles. The molecule has 154 valence electrons. The van der Waals surface area contributed by atoms with Crippen LogP contribution in [0.15, 0.2) is 29.5 Å². The fraction of sp³-hybridized carbons (Fsp3) is 0.500. The number of amides is 2. The molecule has 1 heterocycles. The van der Waals surface area contributed by atoms with Gasteiger partial charge in [0.05, 0.1) is 32.4 Å². The number of hydrogen-bond acceptors (Lipinski definition) is 6. The van der Waals surface area contributed by atoms with E-state index < -0.39 is 12.0 Å². The van der Waals surface area contributed by atoms with E-state index >= 15 is 0 Å². The number of likely N-dealkylation sites (N-methyl/N-ethyl adjacent to an activating group) is 2. The molecule has 0 bridgehead atoms. The molecule has 1 aliphatic heterocycles. The first-order valence-electron chi connectivity index (χ1n) is 9.22. The Kier molecular flexibility index (Phi) is 7.28. The third-order valence-corrected chi connectivity index (χ3v) is 4.77. The molecule has 28 heavy (non-hydrogen) atoms. The van der Waals surface area contributed by atoms with Crippen molar-refractivity contribution >= 4 is 12.0 Å². The second kappa shape index (κ2) is 9.45. The minimum atomic E-state index is -0.650. The zero-order valence-corrected chi connectivity index (χ0v) is 17.4. The first-order chi connectivity index (χ1) is 13.4. The van der Waals surface area contributed by atoms with E-state index in [4.69, 9.17) is 14.2 Å². The number of rotatable bonds is 8.